The van der Waals surface area contributed by atoms with Gasteiger partial charge in [0.15, 0.2) is 0 Å². The van der Waals surface area contributed by atoms with Crippen molar-refractivity contribution in [2.45, 2.75) is 29.4 Å². The van der Waals surface area contributed by atoms with Crippen LogP contribution in [0.4, 0.5) is 0 Å². The number of hydrogen-bond donors (Lipinski definition) is 2. The molecule has 0 spiro atoms. The molecule has 1 heterocycles. The van der Waals surface area contributed by atoms with Gasteiger partial charge in [-0.05, 0) is 50.6 Å². The van der Waals surface area contributed by atoms with E-state index in [-0.39, 0.29) is 5.75 Å². The van der Waals surface area contributed by atoms with Gasteiger partial charge in [-0.1, -0.05) is 11.6 Å². The molecule has 2 N–H and O–H groups in total. The highest BCUT2D eigenvalue weighted by Gasteiger charge is 2.14. The van der Waals surface area contributed by atoms with Gasteiger partial charge >= 0.3 is 0 Å². The normalized spacial score (nSPS) is 21.7. The van der Waals surface area contributed by atoms with E-state index in [9.17, 15) is 5.11 Å². The Morgan fingerprint density at radius 2 is 2.19 bits per heavy atom. The molecule has 0 radical (unpaired) electrons. The lowest BCUT2D eigenvalue weighted by molar-refractivity contribution is 0.475. The van der Waals surface area contributed by atoms with Gasteiger partial charge in [0, 0.05) is 10.1 Å². The van der Waals surface area contributed by atoms with E-state index < -0.39 is 0 Å². The number of halogens is 1. The Morgan fingerprint density at radius 1 is 1.31 bits per heavy atom. The van der Waals surface area contributed by atoms with E-state index in [1.54, 1.807) is 12.1 Å². The molecular weight excluding hydrogens is 242 g/mol. The molecule has 2 nitrogen and oxygen atoms in total. The number of phenols is 1. The molecule has 1 aromatic carbocycles. The Hall–Kier alpha value is -0.380. The summed E-state index contributed by atoms with van der Waals surface area (Å²) in [6.45, 7) is 2.22. The first-order chi connectivity index (χ1) is 7.75. The second kappa shape index (κ2) is 5.80. The maximum absolute atomic E-state index is 9.28. The van der Waals surface area contributed by atoms with Gasteiger partial charge in [-0.3, -0.25) is 0 Å². The van der Waals surface area contributed by atoms with Crippen molar-refractivity contribution >= 4 is 23.4 Å². The zero-order valence-corrected chi connectivity index (χ0v) is 10.7. The van der Waals surface area contributed by atoms with Crippen molar-refractivity contribution in [3.8, 4) is 5.75 Å². The SMILES string of the molecule is Oc1ccc(S[C@@H]2CCCNCC2)c(Cl)c1. The predicted octanol–water partition coefficient (Wildman–Crippen LogP) is 3.28. The number of thioether (sulfide) groups is 1. The van der Waals surface area contributed by atoms with Crippen LogP contribution >= 0.6 is 23.4 Å². The minimum Gasteiger partial charge on any atom is -0.508 e. The number of aromatic hydroxyl groups is 1. The largest absolute Gasteiger partial charge is 0.508 e. The van der Waals surface area contributed by atoms with E-state index in [1.165, 1.54) is 19.3 Å². The number of hydrogen-bond acceptors (Lipinski definition) is 3. The topological polar surface area (TPSA) is 32.3 Å². The summed E-state index contributed by atoms with van der Waals surface area (Å²) in [4.78, 5) is 1.08. The molecule has 0 aliphatic carbocycles. The van der Waals surface area contributed by atoms with E-state index in [1.807, 2.05) is 17.8 Å². The number of benzene rings is 1. The molecular formula is C12H16ClNOS. The third kappa shape index (κ3) is 3.30. The van der Waals surface area contributed by atoms with Gasteiger partial charge in [0.2, 0.25) is 0 Å². The Kier molecular flexibility index (Phi) is 4.38. The molecule has 1 aliphatic heterocycles. The van der Waals surface area contributed by atoms with Crippen LogP contribution in [0.1, 0.15) is 19.3 Å². The average Bonchev–Trinajstić information content (AvgIpc) is 2.51. The van der Waals surface area contributed by atoms with Crippen LogP contribution in [0.5, 0.6) is 5.75 Å². The highest BCUT2D eigenvalue weighted by atomic mass is 35.5. The lowest BCUT2D eigenvalue weighted by atomic mass is 10.2. The van der Waals surface area contributed by atoms with E-state index in [0.717, 1.165) is 18.0 Å². The summed E-state index contributed by atoms with van der Waals surface area (Å²) in [5.74, 6) is 0.233. The molecule has 1 fully saturated rings. The first kappa shape index (κ1) is 12.1. The first-order valence-electron chi connectivity index (χ1n) is 5.61. The summed E-state index contributed by atoms with van der Waals surface area (Å²) in [5, 5.41) is 14.0. The smallest absolute Gasteiger partial charge is 0.117 e. The summed E-state index contributed by atoms with van der Waals surface area (Å²) < 4.78 is 0. The molecule has 88 valence electrons. The first-order valence-corrected chi connectivity index (χ1v) is 6.87. The van der Waals surface area contributed by atoms with E-state index in [0.29, 0.717) is 10.3 Å². The summed E-state index contributed by atoms with van der Waals surface area (Å²) in [7, 11) is 0. The van der Waals surface area contributed by atoms with Gasteiger partial charge in [0.1, 0.15) is 5.75 Å². The highest BCUT2D eigenvalue weighted by Crippen LogP contribution is 2.35. The van der Waals surface area contributed by atoms with Gasteiger partial charge < -0.3 is 10.4 Å². The van der Waals surface area contributed by atoms with Crippen LogP contribution < -0.4 is 5.32 Å². The Morgan fingerprint density at radius 3 is 3.00 bits per heavy atom. The quantitative estimate of drug-likeness (QED) is 0.853. The summed E-state index contributed by atoms with van der Waals surface area (Å²) in [6.07, 6.45) is 3.64. The van der Waals surface area contributed by atoms with Crippen molar-refractivity contribution < 1.29 is 5.11 Å². The van der Waals surface area contributed by atoms with Crippen LogP contribution in [-0.4, -0.2) is 23.4 Å². The Labute approximate surface area is 105 Å². The molecule has 0 amide bonds. The maximum atomic E-state index is 9.28. The lowest BCUT2D eigenvalue weighted by Gasteiger charge is -2.14. The number of rotatable bonds is 2. The minimum atomic E-state index is 0.233. The maximum Gasteiger partial charge on any atom is 0.117 e. The van der Waals surface area contributed by atoms with Crippen LogP contribution in [0.2, 0.25) is 5.02 Å². The van der Waals surface area contributed by atoms with Gasteiger partial charge in [-0.25, -0.2) is 0 Å². The molecule has 1 saturated heterocycles. The molecule has 0 bridgehead atoms. The van der Waals surface area contributed by atoms with E-state index >= 15 is 0 Å². The third-order valence-corrected chi connectivity index (χ3v) is 4.57. The van der Waals surface area contributed by atoms with E-state index in [2.05, 4.69) is 5.32 Å². The van der Waals surface area contributed by atoms with Gasteiger partial charge in [-0.2, -0.15) is 0 Å². The molecule has 16 heavy (non-hydrogen) atoms. The second-order valence-electron chi connectivity index (χ2n) is 4.04. The molecule has 1 aliphatic rings. The molecule has 0 saturated carbocycles. The molecule has 1 atom stereocenters. The fraction of sp³-hybridized carbons (Fsp3) is 0.500. The van der Waals surface area contributed by atoms with Crippen LogP contribution in [0.3, 0.4) is 0 Å². The number of phenolic OH excluding ortho intramolecular Hbond substituents is 1. The predicted molar refractivity (Wildman–Crippen MR) is 69.5 cm³/mol. The zero-order chi connectivity index (χ0) is 11.4. The molecule has 4 heteroatoms. The monoisotopic (exact) mass is 257 g/mol. The van der Waals surface area contributed by atoms with Gasteiger partial charge in [0.05, 0.1) is 5.02 Å². The van der Waals surface area contributed by atoms with Crippen molar-refractivity contribution in [3.63, 3.8) is 0 Å². The Bertz CT molecular complexity index is 351. The summed E-state index contributed by atoms with van der Waals surface area (Å²) in [6, 6.07) is 5.21. The lowest BCUT2D eigenvalue weighted by Crippen LogP contribution is -2.14. The Balaban J connectivity index is 2.01. The molecule has 2 rings (SSSR count). The van der Waals surface area contributed by atoms with E-state index in [4.69, 9.17) is 11.6 Å². The number of nitrogens with one attached hydrogen (secondary N) is 1. The summed E-state index contributed by atoms with van der Waals surface area (Å²) in [5.41, 5.74) is 0. The van der Waals surface area contributed by atoms with Crippen molar-refractivity contribution in [2.24, 2.45) is 0 Å². The second-order valence-corrected chi connectivity index (χ2v) is 5.78. The van der Waals surface area contributed by atoms with Crippen LogP contribution in [-0.2, 0) is 0 Å². The summed E-state index contributed by atoms with van der Waals surface area (Å²) >= 11 is 7.92. The highest BCUT2D eigenvalue weighted by molar-refractivity contribution is 8.00. The van der Waals surface area contributed by atoms with Crippen LogP contribution in [0.15, 0.2) is 23.1 Å². The van der Waals surface area contributed by atoms with Crippen LogP contribution in [0, 0.1) is 0 Å². The third-order valence-electron chi connectivity index (χ3n) is 2.73. The van der Waals surface area contributed by atoms with Crippen molar-refractivity contribution in [1.82, 2.24) is 5.32 Å². The van der Waals surface area contributed by atoms with Gasteiger partial charge in [0.25, 0.3) is 0 Å². The van der Waals surface area contributed by atoms with Crippen molar-refractivity contribution in [1.29, 1.82) is 0 Å². The standard InChI is InChI=1S/C12H16ClNOS/c13-11-8-9(15)3-4-12(11)16-10-2-1-6-14-7-5-10/h3-4,8,10,14-15H,1-2,5-7H2/t10-/m1/s1. The minimum absolute atomic E-state index is 0.233. The van der Waals surface area contributed by atoms with Crippen molar-refractivity contribution in [3.05, 3.63) is 23.2 Å². The fourth-order valence-corrected chi connectivity index (χ4v) is 3.38. The molecule has 0 unspecified atom stereocenters. The zero-order valence-electron chi connectivity index (χ0n) is 9.08. The molecule has 1 aromatic rings. The average molecular weight is 258 g/mol. The van der Waals surface area contributed by atoms with Crippen molar-refractivity contribution in [2.75, 3.05) is 13.1 Å². The molecule has 0 aromatic heterocycles. The fourth-order valence-electron chi connectivity index (χ4n) is 1.87. The van der Waals surface area contributed by atoms with Crippen LogP contribution in [0.25, 0.3) is 0 Å². The van der Waals surface area contributed by atoms with Gasteiger partial charge in [-0.15, -0.1) is 11.8 Å².